The maximum absolute atomic E-state index is 13.2. The van der Waals surface area contributed by atoms with E-state index < -0.39 is 4.92 Å². The van der Waals surface area contributed by atoms with Crippen molar-refractivity contribution in [1.82, 2.24) is 9.88 Å². The molecule has 1 aromatic heterocycles. The number of nitro groups is 1. The maximum atomic E-state index is 13.2. The van der Waals surface area contributed by atoms with E-state index in [1.165, 1.54) is 12.1 Å². The molecule has 9 nitrogen and oxygen atoms in total. The van der Waals surface area contributed by atoms with E-state index in [0.29, 0.717) is 30.3 Å². The van der Waals surface area contributed by atoms with Crippen molar-refractivity contribution in [3.05, 3.63) is 68.8 Å². The number of rotatable bonds is 3. The van der Waals surface area contributed by atoms with Crippen LogP contribution in [0.25, 0.3) is 10.9 Å². The van der Waals surface area contributed by atoms with Crippen LogP contribution in [0.2, 0.25) is 0 Å². The summed E-state index contributed by atoms with van der Waals surface area (Å²) < 4.78 is 11.1. The Kier molecular flexibility index (Phi) is 4.07. The lowest BCUT2D eigenvalue weighted by atomic mass is 10.0. The van der Waals surface area contributed by atoms with Gasteiger partial charge in [0.1, 0.15) is 18.2 Å². The summed E-state index contributed by atoms with van der Waals surface area (Å²) >= 11 is 0. The number of nitrogens with zero attached hydrogens (tertiary/aromatic N) is 3. The molecule has 0 saturated carbocycles. The zero-order valence-corrected chi connectivity index (χ0v) is 16.1. The number of non-ortho nitro benzene ring substituents is 1. The molecular formula is C21H18N4O5. The summed E-state index contributed by atoms with van der Waals surface area (Å²) in [6.45, 7) is 1.10. The number of benzene rings is 2. The van der Waals surface area contributed by atoms with E-state index in [0.717, 1.165) is 27.6 Å². The maximum Gasteiger partial charge on any atom is 0.273 e. The molecule has 2 aliphatic rings. The van der Waals surface area contributed by atoms with Gasteiger partial charge in [-0.05, 0) is 29.8 Å². The van der Waals surface area contributed by atoms with E-state index in [9.17, 15) is 14.9 Å². The molecule has 1 amide bonds. The van der Waals surface area contributed by atoms with Gasteiger partial charge in [-0.25, -0.2) is 4.98 Å². The largest absolute Gasteiger partial charge is 0.490 e. The molecule has 2 aliphatic heterocycles. The minimum absolute atomic E-state index is 0.0410. The van der Waals surface area contributed by atoms with Crippen LogP contribution in [0.5, 0.6) is 5.75 Å². The summed E-state index contributed by atoms with van der Waals surface area (Å²) in [6, 6.07) is 9.46. The second-order valence-corrected chi connectivity index (χ2v) is 7.40. The van der Waals surface area contributed by atoms with Crippen LogP contribution >= 0.6 is 0 Å². The topological polar surface area (TPSA) is 121 Å². The van der Waals surface area contributed by atoms with E-state index in [4.69, 9.17) is 15.2 Å². The monoisotopic (exact) mass is 406 g/mol. The lowest BCUT2D eigenvalue weighted by molar-refractivity contribution is -0.384. The van der Waals surface area contributed by atoms with Gasteiger partial charge in [-0.2, -0.15) is 0 Å². The number of anilines is 1. The fourth-order valence-corrected chi connectivity index (χ4v) is 4.06. The molecule has 2 N–H and O–H groups in total. The van der Waals surface area contributed by atoms with E-state index in [1.807, 2.05) is 6.07 Å². The van der Waals surface area contributed by atoms with Crippen LogP contribution in [-0.4, -0.2) is 34.4 Å². The number of nitrogens with two attached hydrogens (primary N) is 1. The van der Waals surface area contributed by atoms with Crippen molar-refractivity contribution < 1.29 is 19.2 Å². The molecule has 30 heavy (non-hydrogen) atoms. The third kappa shape index (κ3) is 2.74. The van der Waals surface area contributed by atoms with Crippen LogP contribution < -0.4 is 10.5 Å². The Balaban J connectivity index is 1.48. The van der Waals surface area contributed by atoms with E-state index in [-0.39, 0.29) is 24.2 Å². The predicted molar refractivity (Wildman–Crippen MR) is 108 cm³/mol. The molecule has 2 aromatic carbocycles. The molecule has 0 bridgehead atoms. The zero-order chi connectivity index (χ0) is 21.0. The average Bonchev–Trinajstić information content (AvgIpc) is 3.40. The Hall–Kier alpha value is -3.72. The van der Waals surface area contributed by atoms with Gasteiger partial charge < -0.3 is 20.1 Å². The Morgan fingerprint density at radius 2 is 2.03 bits per heavy atom. The first-order chi connectivity index (χ1) is 14.4. The van der Waals surface area contributed by atoms with Crippen molar-refractivity contribution in [2.75, 3.05) is 19.4 Å². The van der Waals surface area contributed by atoms with Gasteiger partial charge in [0.05, 0.1) is 35.8 Å². The van der Waals surface area contributed by atoms with Gasteiger partial charge in [0.25, 0.3) is 11.6 Å². The summed E-state index contributed by atoms with van der Waals surface area (Å²) in [5, 5.41) is 11.8. The fraction of sp³-hybridized carbons (Fsp3) is 0.238. The summed E-state index contributed by atoms with van der Waals surface area (Å²) in [4.78, 5) is 29.7. The number of amides is 1. The molecule has 0 aliphatic carbocycles. The highest BCUT2D eigenvalue weighted by Crippen LogP contribution is 2.38. The van der Waals surface area contributed by atoms with Crippen molar-refractivity contribution in [3.63, 3.8) is 0 Å². The number of hydrogen-bond donors (Lipinski definition) is 1. The Morgan fingerprint density at radius 3 is 2.83 bits per heavy atom. The van der Waals surface area contributed by atoms with Gasteiger partial charge in [-0.15, -0.1) is 0 Å². The number of carbonyl (C=O) groups is 1. The highest BCUT2D eigenvalue weighted by atomic mass is 16.6. The molecule has 0 fully saturated rings. The first kappa shape index (κ1) is 18.3. The molecule has 0 saturated heterocycles. The van der Waals surface area contributed by atoms with Crippen LogP contribution in [0.3, 0.4) is 0 Å². The highest BCUT2D eigenvalue weighted by molar-refractivity contribution is 5.99. The zero-order valence-electron chi connectivity index (χ0n) is 16.1. The number of fused-ring (bicyclic) bond motifs is 4. The van der Waals surface area contributed by atoms with Crippen LogP contribution in [0.15, 0.2) is 36.4 Å². The fourth-order valence-electron chi connectivity index (χ4n) is 4.06. The van der Waals surface area contributed by atoms with Crippen LogP contribution in [0.4, 0.5) is 11.5 Å². The van der Waals surface area contributed by atoms with Crippen molar-refractivity contribution in [2.45, 2.75) is 19.3 Å². The number of nitrogen functional groups attached to an aromatic ring is 1. The molecule has 0 spiro atoms. The molecule has 3 aromatic rings. The van der Waals surface area contributed by atoms with E-state index in [1.54, 1.807) is 30.1 Å². The van der Waals surface area contributed by atoms with Gasteiger partial charge in [0.2, 0.25) is 0 Å². The SMILES string of the molecule is CN(C(=O)c1ccc2nc(N)c3c(c2c1)COC3)[C@H]1COc2cc([N+](=O)[O-])ccc21. The number of nitro benzene ring substituents is 1. The number of pyridine rings is 1. The highest BCUT2D eigenvalue weighted by Gasteiger charge is 2.32. The van der Waals surface area contributed by atoms with E-state index in [2.05, 4.69) is 4.98 Å². The second-order valence-electron chi connectivity index (χ2n) is 7.40. The van der Waals surface area contributed by atoms with Gasteiger partial charge in [0.15, 0.2) is 0 Å². The Labute approximate surface area is 171 Å². The molecular weight excluding hydrogens is 388 g/mol. The van der Waals surface area contributed by atoms with Gasteiger partial charge in [0, 0.05) is 35.2 Å². The molecule has 5 rings (SSSR count). The number of likely N-dealkylation sites (N-methyl/N-ethyl adjacent to an activating group) is 1. The summed E-state index contributed by atoms with van der Waals surface area (Å²) in [7, 11) is 1.70. The van der Waals surface area contributed by atoms with Crippen molar-refractivity contribution >= 4 is 28.3 Å². The number of aromatic nitrogens is 1. The lowest BCUT2D eigenvalue weighted by Gasteiger charge is -2.24. The van der Waals surface area contributed by atoms with Crippen molar-refractivity contribution in [1.29, 1.82) is 0 Å². The van der Waals surface area contributed by atoms with E-state index >= 15 is 0 Å². The Bertz CT molecular complexity index is 1230. The van der Waals surface area contributed by atoms with Crippen LogP contribution in [0, 0.1) is 10.1 Å². The minimum Gasteiger partial charge on any atom is -0.490 e. The quantitative estimate of drug-likeness (QED) is 0.524. The van der Waals surface area contributed by atoms with Crippen molar-refractivity contribution in [3.8, 4) is 5.75 Å². The molecule has 9 heteroatoms. The van der Waals surface area contributed by atoms with Gasteiger partial charge in [-0.1, -0.05) is 0 Å². The van der Waals surface area contributed by atoms with Crippen molar-refractivity contribution in [2.24, 2.45) is 0 Å². The van der Waals surface area contributed by atoms with Crippen LogP contribution in [0.1, 0.15) is 33.1 Å². The third-order valence-electron chi connectivity index (χ3n) is 5.73. The first-order valence-corrected chi connectivity index (χ1v) is 9.41. The number of carbonyl (C=O) groups excluding carboxylic acids is 1. The Morgan fingerprint density at radius 1 is 1.23 bits per heavy atom. The molecule has 152 valence electrons. The summed E-state index contributed by atoms with van der Waals surface area (Å²) in [6.07, 6.45) is 0. The van der Waals surface area contributed by atoms with Gasteiger partial charge in [-0.3, -0.25) is 14.9 Å². The predicted octanol–water partition coefficient (Wildman–Crippen LogP) is 2.96. The molecule has 1 atom stereocenters. The van der Waals surface area contributed by atoms with Crippen LogP contribution in [-0.2, 0) is 18.0 Å². The number of hydrogen-bond acceptors (Lipinski definition) is 7. The lowest BCUT2D eigenvalue weighted by Crippen LogP contribution is -2.32. The molecule has 3 heterocycles. The minimum atomic E-state index is -0.468. The summed E-state index contributed by atoms with van der Waals surface area (Å²) in [5.74, 6) is 0.711. The molecule has 0 radical (unpaired) electrons. The molecule has 0 unspecified atom stereocenters. The standard InChI is InChI=1S/C21H18N4O5/c1-24(18-10-30-19-7-12(25(27)28)3-4-13(18)19)21(26)11-2-5-17-14(6-11)15-8-29-9-16(15)20(22)23-17/h2-7,18H,8-10H2,1H3,(H2,22,23)/t18-/m0/s1. The number of ether oxygens (including phenoxy) is 2. The smallest absolute Gasteiger partial charge is 0.273 e. The average molecular weight is 406 g/mol. The summed E-state index contributed by atoms with van der Waals surface area (Å²) in [5.41, 5.74) is 9.81. The normalized spacial score (nSPS) is 16.8. The third-order valence-corrected chi connectivity index (χ3v) is 5.73. The van der Waals surface area contributed by atoms with Gasteiger partial charge >= 0.3 is 0 Å². The second kappa shape index (κ2) is 6.67. The first-order valence-electron chi connectivity index (χ1n) is 9.41.